The highest BCUT2D eigenvalue weighted by molar-refractivity contribution is 5.86. The SMILES string of the molecule is CNC(=O)CCOCCOCCNC1CCN(C(=O)CCn2c3c(c4ccccc42)C(C)N(C)N(C)C3)CC1. The van der Waals surface area contributed by atoms with Gasteiger partial charge >= 0.3 is 0 Å². The van der Waals surface area contributed by atoms with E-state index in [-0.39, 0.29) is 11.8 Å². The Bertz CT molecular complexity index is 1100. The van der Waals surface area contributed by atoms with E-state index in [2.05, 4.69) is 70.5 Å². The molecule has 2 aliphatic heterocycles. The van der Waals surface area contributed by atoms with Gasteiger partial charge in [-0.05, 0) is 25.8 Å². The third kappa shape index (κ3) is 7.37. The molecule has 10 nitrogen and oxygen atoms in total. The van der Waals surface area contributed by atoms with Gasteiger partial charge in [0, 0.05) is 94.4 Å². The van der Waals surface area contributed by atoms with Crippen molar-refractivity contribution in [3.63, 3.8) is 0 Å². The van der Waals surface area contributed by atoms with Crippen LogP contribution in [0.4, 0.5) is 0 Å². The Morgan fingerprint density at radius 2 is 1.72 bits per heavy atom. The van der Waals surface area contributed by atoms with Crippen LogP contribution in [0.3, 0.4) is 0 Å². The average Bonchev–Trinajstić information content (AvgIpc) is 3.26. The Morgan fingerprint density at radius 1 is 1.00 bits per heavy atom. The van der Waals surface area contributed by atoms with Crippen molar-refractivity contribution >= 4 is 22.7 Å². The summed E-state index contributed by atoms with van der Waals surface area (Å²) in [5, 5.41) is 12.0. The first-order chi connectivity index (χ1) is 18.9. The molecule has 0 saturated carbocycles. The number of nitrogens with one attached hydrogen (secondary N) is 2. The van der Waals surface area contributed by atoms with E-state index >= 15 is 0 Å². The summed E-state index contributed by atoms with van der Waals surface area (Å²) in [5.41, 5.74) is 3.95. The van der Waals surface area contributed by atoms with Crippen molar-refractivity contribution in [2.75, 3.05) is 67.2 Å². The average molecular weight is 543 g/mol. The molecule has 10 heteroatoms. The van der Waals surface area contributed by atoms with Gasteiger partial charge in [-0.3, -0.25) is 9.59 Å². The van der Waals surface area contributed by atoms with Crippen LogP contribution < -0.4 is 10.6 Å². The van der Waals surface area contributed by atoms with Crippen molar-refractivity contribution < 1.29 is 19.1 Å². The first-order valence-corrected chi connectivity index (χ1v) is 14.3. The zero-order chi connectivity index (χ0) is 27.8. The maximum Gasteiger partial charge on any atom is 0.224 e. The van der Waals surface area contributed by atoms with E-state index in [0.29, 0.717) is 57.9 Å². The van der Waals surface area contributed by atoms with Gasteiger partial charge in [-0.2, -0.15) is 0 Å². The molecule has 0 spiro atoms. The smallest absolute Gasteiger partial charge is 0.224 e. The maximum absolute atomic E-state index is 13.2. The van der Waals surface area contributed by atoms with Gasteiger partial charge in [0.2, 0.25) is 11.8 Å². The number of fused-ring (bicyclic) bond motifs is 3. The number of rotatable bonds is 13. The van der Waals surface area contributed by atoms with Crippen molar-refractivity contribution in [1.29, 1.82) is 0 Å². The number of piperidine rings is 1. The second-order valence-electron chi connectivity index (χ2n) is 10.6. The van der Waals surface area contributed by atoms with E-state index in [1.54, 1.807) is 7.05 Å². The molecule has 1 saturated heterocycles. The van der Waals surface area contributed by atoms with E-state index in [0.717, 1.165) is 39.0 Å². The van der Waals surface area contributed by atoms with E-state index in [9.17, 15) is 9.59 Å². The van der Waals surface area contributed by atoms with Crippen LogP contribution in [0, 0.1) is 0 Å². The molecule has 0 aliphatic carbocycles. The second-order valence-corrected chi connectivity index (χ2v) is 10.6. The van der Waals surface area contributed by atoms with Gasteiger partial charge in [-0.25, -0.2) is 10.0 Å². The molecule has 2 N–H and O–H groups in total. The molecule has 2 amide bonds. The summed E-state index contributed by atoms with van der Waals surface area (Å²) in [6.45, 7) is 8.25. The van der Waals surface area contributed by atoms with Crippen LogP contribution >= 0.6 is 0 Å². The Hall–Kier alpha value is -2.50. The number of aryl methyl sites for hydroxylation is 1. The first-order valence-electron chi connectivity index (χ1n) is 14.3. The number of aromatic nitrogens is 1. The molecule has 4 rings (SSSR count). The number of nitrogens with zero attached hydrogens (tertiary/aromatic N) is 4. The summed E-state index contributed by atoms with van der Waals surface area (Å²) in [5.74, 6) is 0.228. The van der Waals surface area contributed by atoms with Crippen molar-refractivity contribution in [1.82, 2.24) is 30.1 Å². The maximum atomic E-state index is 13.2. The number of para-hydroxylation sites is 1. The number of hydrogen-bond acceptors (Lipinski definition) is 7. The monoisotopic (exact) mass is 542 g/mol. The van der Waals surface area contributed by atoms with Crippen LogP contribution in [0.1, 0.15) is 49.9 Å². The summed E-state index contributed by atoms with van der Waals surface area (Å²) in [7, 11) is 5.89. The summed E-state index contributed by atoms with van der Waals surface area (Å²) in [6.07, 6.45) is 2.82. The number of hydrazine groups is 1. The van der Waals surface area contributed by atoms with Crippen LogP contribution in [0.15, 0.2) is 24.3 Å². The summed E-state index contributed by atoms with van der Waals surface area (Å²) in [6, 6.07) is 9.32. The molecular weight excluding hydrogens is 496 g/mol. The zero-order valence-electron chi connectivity index (χ0n) is 24.1. The standard InChI is InChI=1S/C29H46N6O4/c1-22-29-24-7-5-6-8-25(24)35(26(29)21-32(3)33(22)4)16-11-28(37)34-14-9-23(10-15-34)31-13-18-39-20-19-38-17-12-27(36)30-2/h5-8,22-23,31H,9-21H2,1-4H3,(H,30,36). The molecule has 1 aromatic heterocycles. The lowest BCUT2D eigenvalue weighted by molar-refractivity contribution is -0.132. The van der Waals surface area contributed by atoms with Crippen molar-refractivity contribution in [2.45, 2.75) is 57.8 Å². The highest BCUT2D eigenvalue weighted by Crippen LogP contribution is 2.38. The Labute approximate surface area is 232 Å². The van der Waals surface area contributed by atoms with Gasteiger partial charge in [0.15, 0.2) is 0 Å². The highest BCUT2D eigenvalue weighted by atomic mass is 16.5. The number of ether oxygens (including phenoxy) is 2. The van der Waals surface area contributed by atoms with Gasteiger partial charge in [0.25, 0.3) is 0 Å². The molecule has 1 aromatic carbocycles. The van der Waals surface area contributed by atoms with Crippen LogP contribution in [0.2, 0.25) is 0 Å². The van der Waals surface area contributed by atoms with Gasteiger partial charge in [-0.1, -0.05) is 18.2 Å². The fourth-order valence-corrected chi connectivity index (χ4v) is 5.73. The number of likely N-dealkylation sites (tertiary alicyclic amines) is 1. The predicted octanol–water partition coefficient (Wildman–Crippen LogP) is 2.13. The number of hydrogen-bond donors (Lipinski definition) is 2. The van der Waals surface area contributed by atoms with Gasteiger partial charge < -0.3 is 29.6 Å². The molecule has 2 aromatic rings. The molecule has 2 aliphatic rings. The number of amides is 2. The van der Waals surface area contributed by atoms with Crippen molar-refractivity contribution in [2.24, 2.45) is 0 Å². The zero-order valence-corrected chi connectivity index (χ0v) is 24.1. The third-order valence-electron chi connectivity index (χ3n) is 8.22. The minimum Gasteiger partial charge on any atom is -0.379 e. The molecule has 39 heavy (non-hydrogen) atoms. The minimum absolute atomic E-state index is 0.0168. The topological polar surface area (TPSA) is 91.3 Å². The van der Waals surface area contributed by atoms with Crippen LogP contribution in [-0.2, 0) is 32.2 Å². The fraction of sp³-hybridized carbons (Fsp3) is 0.655. The van der Waals surface area contributed by atoms with Gasteiger partial charge in [0.05, 0.1) is 33.0 Å². The van der Waals surface area contributed by atoms with Crippen molar-refractivity contribution in [3.8, 4) is 0 Å². The van der Waals surface area contributed by atoms with Crippen molar-refractivity contribution in [3.05, 3.63) is 35.5 Å². The summed E-state index contributed by atoms with van der Waals surface area (Å²) in [4.78, 5) is 26.3. The normalized spacial score (nSPS) is 19.0. The Morgan fingerprint density at radius 3 is 2.46 bits per heavy atom. The molecule has 3 heterocycles. The molecule has 1 fully saturated rings. The van der Waals surface area contributed by atoms with Gasteiger partial charge in [0.1, 0.15) is 0 Å². The minimum atomic E-state index is -0.0168. The number of carbonyl (C=O) groups is 2. The largest absolute Gasteiger partial charge is 0.379 e. The van der Waals surface area contributed by atoms with E-state index in [1.165, 1.54) is 22.2 Å². The van der Waals surface area contributed by atoms with E-state index in [1.807, 2.05) is 4.90 Å². The fourth-order valence-electron chi connectivity index (χ4n) is 5.73. The highest BCUT2D eigenvalue weighted by Gasteiger charge is 2.31. The lowest BCUT2D eigenvalue weighted by Gasteiger charge is -2.39. The third-order valence-corrected chi connectivity index (χ3v) is 8.22. The lowest BCUT2D eigenvalue weighted by Crippen LogP contribution is -2.45. The van der Waals surface area contributed by atoms with Gasteiger partial charge in [-0.15, -0.1) is 0 Å². The first kappa shape index (κ1) is 29.5. The predicted molar refractivity (Wildman–Crippen MR) is 152 cm³/mol. The molecule has 216 valence electrons. The summed E-state index contributed by atoms with van der Waals surface area (Å²) < 4.78 is 13.4. The van der Waals surface area contributed by atoms with Crippen LogP contribution in [0.25, 0.3) is 10.9 Å². The van der Waals surface area contributed by atoms with Crippen LogP contribution in [-0.4, -0.2) is 105 Å². The van der Waals surface area contributed by atoms with Crippen LogP contribution in [0.5, 0.6) is 0 Å². The molecule has 0 bridgehead atoms. The van der Waals surface area contributed by atoms with E-state index in [4.69, 9.17) is 9.47 Å². The molecule has 1 unspecified atom stereocenters. The quantitative estimate of drug-likeness (QED) is 0.375. The molecular formula is C29H46N6O4. The Kier molecular flexibility index (Phi) is 10.8. The number of benzene rings is 1. The van der Waals surface area contributed by atoms with E-state index < -0.39 is 0 Å². The number of carbonyl (C=O) groups excluding carboxylic acids is 2. The lowest BCUT2D eigenvalue weighted by atomic mass is 10.0. The second kappa shape index (κ2) is 14.2. The summed E-state index contributed by atoms with van der Waals surface area (Å²) >= 11 is 0. The molecule has 0 radical (unpaired) electrons. The Balaban J connectivity index is 1.17. The molecule has 1 atom stereocenters.